The summed E-state index contributed by atoms with van der Waals surface area (Å²) in [6.07, 6.45) is 3.19. The largest absolute Gasteiger partial charge is 0.508 e. The fourth-order valence-electron chi connectivity index (χ4n) is 3.24. The van der Waals surface area contributed by atoms with Crippen LogP contribution in [0.1, 0.15) is 30.8 Å². The molecule has 1 aliphatic rings. The van der Waals surface area contributed by atoms with Crippen molar-refractivity contribution in [2.24, 2.45) is 0 Å². The van der Waals surface area contributed by atoms with Gasteiger partial charge in [0.1, 0.15) is 5.75 Å². The lowest BCUT2D eigenvalue weighted by Crippen LogP contribution is -2.31. The van der Waals surface area contributed by atoms with E-state index in [2.05, 4.69) is 28.0 Å². The number of nitrogens with zero attached hydrogens (tertiary/aromatic N) is 3. The molecular weight excluding hydrogens is 326 g/mol. The standard InChI is InChI=1S/C21H21N3O2/c1-15(21-22-20(23-26-21)18-5-3-2-4-6-18)24-13-11-17(12-14-24)16-7-9-19(25)10-8-16/h2-11,15,25H,12-14H2,1H3/t15-/m0/s1. The van der Waals surface area contributed by atoms with Crippen LogP contribution in [0.15, 0.2) is 65.2 Å². The van der Waals surface area contributed by atoms with Gasteiger partial charge in [-0.05, 0) is 36.6 Å². The molecule has 0 aliphatic carbocycles. The summed E-state index contributed by atoms with van der Waals surface area (Å²) in [5.41, 5.74) is 3.44. The summed E-state index contributed by atoms with van der Waals surface area (Å²) in [6, 6.07) is 17.3. The maximum Gasteiger partial charge on any atom is 0.244 e. The maximum atomic E-state index is 9.43. The van der Waals surface area contributed by atoms with Gasteiger partial charge in [0.25, 0.3) is 0 Å². The van der Waals surface area contributed by atoms with Crippen LogP contribution in [0.5, 0.6) is 5.75 Å². The predicted molar refractivity (Wildman–Crippen MR) is 100 cm³/mol. The zero-order valence-corrected chi connectivity index (χ0v) is 14.7. The predicted octanol–water partition coefficient (Wildman–Crippen LogP) is 4.29. The average molecular weight is 347 g/mol. The second-order valence-electron chi connectivity index (χ2n) is 6.52. The Morgan fingerprint density at radius 2 is 1.81 bits per heavy atom. The number of phenolic OH excluding ortho intramolecular Hbond substituents is 1. The Balaban J connectivity index is 1.46. The molecule has 3 aromatic rings. The molecule has 2 aromatic carbocycles. The van der Waals surface area contributed by atoms with Gasteiger partial charge >= 0.3 is 0 Å². The first-order valence-electron chi connectivity index (χ1n) is 8.82. The third-order valence-corrected chi connectivity index (χ3v) is 4.86. The minimum Gasteiger partial charge on any atom is -0.508 e. The minimum atomic E-state index is 0.0672. The summed E-state index contributed by atoms with van der Waals surface area (Å²) >= 11 is 0. The van der Waals surface area contributed by atoms with Crippen LogP contribution in [0.25, 0.3) is 17.0 Å². The van der Waals surface area contributed by atoms with Crippen molar-refractivity contribution >= 4 is 5.57 Å². The summed E-state index contributed by atoms with van der Waals surface area (Å²) in [6.45, 7) is 3.86. The Kier molecular flexibility index (Phi) is 4.54. The van der Waals surface area contributed by atoms with Crippen molar-refractivity contribution in [3.8, 4) is 17.1 Å². The SMILES string of the molecule is C[C@@H](c1nc(-c2ccccc2)no1)N1CC=C(c2ccc(O)cc2)CC1. The first-order chi connectivity index (χ1) is 12.7. The molecule has 0 saturated carbocycles. The molecule has 0 bridgehead atoms. The molecule has 1 aromatic heterocycles. The molecule has 4 rings (SSSR count). The lowest BCUT2D eigenvalue weighted by Gasteiger charge is -2.29. The fourth-order valence-corrected chi connectivity index (χ4v) is 3.24. The van der Waals surface area contributed by atoms with Crippen LogP contribution in [-0.4, -0.2) is 33.2 Å². The molecule has 2 heterocycles. The van der Waals surface area contributed by atoms with E-state index in [1.807, 2.05) is 42.5 Å². The molecule has 0 amide bonds. The lowest BCUT2D eigenvalue weighted by atomic mass is 9.98. The van der Waals surface area contributed by atoms with Gasteiger partial charge in [-0.1, -0.05) is 53.7 Å². The minimum absolute atomic E-state index is 0.0672. The number of hydrogen-bond donors (Lipinski definition) is 1. The monoisotopic (exact) mass is 347 g/mol. The zero-order chi connectivity index (χ0) is 17.9. The van der Waals surface area contributed by atoms with Gasteiger partial charge in [-0.2, -0.15) is 4.98 Å². The molecule has 0 spiro atoms. The Hall–Kier alpha value is -2.92. The van der Waals surface area contributed by atoms with E-state index >= 15 is 0 Å². The number of aromatic hydroxyl groups is 1. The van der Waals surface area contributed by atoms with Crippen LogP contribution in [-0.2, 0) is 0 Å². The van der Waals surface area contributed by atoms with Crippen molar-refractivity contribution in [2.45, 2.75) is 19.4 Å². The van der Waals surface area contributed by atoms with E-state index in [4.69, 9.17) is 4.52 Å². The highest BCUT2D eigenvalue weighted by atomic mass is 16.5. The number of rotatable bonds is 4. The third-order valence-electron chi connectivity index (χ3n) is 4.86. The van der Waals surface area contributed by atoms with Crippen LogP contribution in [0.2, 0.25) is 0 Å². The molecule has 132 valence electrons. The second kappa shape index (κ2) is 7.14. The van der Waals surface area contributed by atoms with Gasteiger partial charge in [0.05, 0.1) is 6.04 Å². The van der Waals surface area contributed by atoms with Crippen molar-refractivity contribution < 1.29 is 9.63 Å². The molecule has 1 aliphatic heterocycles. The van der Waals surface area contributed by atoms with Crippen molar-refractivity contribution in [2.75, 3.05) is 13.1 Å². The molecular formula is C21H21N3O2. The van der Waals surface area contributed by atoms with E-state index in [0.29, 0.717) is 17.5 Å². The number of hydrogen-bond acceptors (Lipinski definition) is 5. The summed E-state index contributed by atoms with van der Waals surface area (Å²) in [4.78, 5) is 6.90. The first-order valence-corrected chi connectivity index (χ1v) is 8.82. The molecule has 1 atom stereocenters. The molecule has 0 fully saturated rings. The van der Waals surface area contributed by atoms with Crippen LogP contribution >= 0.6 is 0 Å². The maximum absolute atomic E-state index is 9.43. The molecule has 0 unspecified atom stereocenters. The van der Waals surface area contributed by atoms with Gasteiger partial charge in [-0.15, -0.1) is 0 Å². The third kappa shape index (κ3) is 3.39. The second-order valence-corrected chi connectivity index (χ2v) is 6.52. The molecule has 26 heavy (non-hydrogen) atoms. The number of phenols is 1. The highest BCUT2D eigenvalue weighted by Gasteiger charge is 2.24. The normalized spacial score (nSPS) is 16.3. The Morgan fingerprint density at radius 1 is 1.04 bits per heavy atom. The van der Waals surface area contributed by atoms with Crippen molar-refractivity contribution in [1.29, 1.82) is 0 Å². The van der Waals surface area contributed by atoms with Crippen molar-refractivity contribution in [1.82, 2.24) is 15.0 Å². The van der Waals surface area contributed by atoms with Gasteiger partial charge in [-0.25, -0.2) is 0 Å². The van der Waals surface area contributed by atoms with E-state index < -0.39 is 0 Å². The molecule has 5 heteroatoms. The molecule has 5 nitrogen and oxygen atoms in total. The van der Waals surface area contributed by atoms with Gasteiger partial charge in [-0.3, -0.25) is 4.90 Å². The first kappa shape index (κ1) is 16.5. The summed E-state index contributed by atoms with van der Waals surface area (Å²) < 4.78 is 5.51. The summed E-state index contributed by atoms with van der Waals surface area (Å²) in [5, 5.41) is 13.6. The van der Waals surface area contributed by atoms with E-state index in [1.165, 1.54) is 11.1 Å². The molecule has 0 radical (unpaired) electrons. The average Bonchev–Trinajstić information content (AvgIpc) is 3.19. The molecule has 1 N–H and O–H groups in total. The topological polar surface area (TPSA) is 62.4 Å². The number of aromatic nitrogens is 2. The van der Waals surface area contributed by atoms with E-state index in [9.17, 15) is 5.11 Å². The van der Waals surface area contributed by atoms with E-state index in [1.54, 1.807) is 12.1 Å². The Morgan fingerprint density at radius 3 is 2.50 bits per heavy atom. The van der Waals surface area contributed by atoms with Gasteiger partial charge in [0.15, 0.2) is 0 Å². The van der Waals surface area contributed by atoms with Crippen LogP contribution in [0.4, 0.5) is 0 Å². The van der Waals surface area contributed by atoms with Crippen LogP contribution in [0.3, 0.4) is 0 Å². The van der Waals surface area contributed by atoms with Crippen molar-refractivity contribution in [3.63, 3.8) is 0 Å². The van der Waals surface area contributed by atoms with Crippen molar-refractivity contribution in [3.05, 3.63) is 72.1 Å². The van der Waals surface area contributed by atoms with Gasteiger partial charge < -0.3 is 9.63 Å². The van der Waals surface area contributed by atoms with Crippen LogP contribution in [0, 0.1) is 0 Å². The summed E-state index contributed by atoms with van der Waals surface area (Å²) in [5.74, 6) is 1.57. The smallest absolute Gasteiger partial charge is 0.244 e. The number of benzene rings is 2. The zero-order valence-electron chi connectivity index (χ0n) is 14.7. The highest BCUT2D eigenvalue weighted by Crippen LogP contribution is 2.29. The Labute approximate surface area is 152 Å². The van der Waals surface area contributed by atoms with E-state index in [-0.39, 0.29) is 6.04 Å². The molecule has 0 saturated heterocycles. The van der Waals surface area contributed by atoms with Gasteiger partial charge in [0, 0.05) is 18.7 Å². The van der Waals surface area contributed by atoms with Crippen LogP contribution < -0.4 is 0 Å². The summed E-state index contributed by atoms with van der Waals surface area (Å²) in [7, 11) is 0. The fraction of sp³-hybridized carbons (Fsp3) is 0.238. The lowest BCUT2D eigenvalue weighted by molar-refractivity contribution is 0.189. The quantitative estimate of drug-likeness (QED) is 0.763. The van der Waals surface area contributed by atoms with Gasteiger partial charge in [0.2, 0.25) is 11.7 Å². The Bertz CT molecular complexity index is 901. The highest BCUT2D eigenvalue weighted by molar-refractivity contribution is 5.67. The van der Waals surface area contributed by atoms with E-state index in [0.717, 1.165) is 25.1 Å².